The zero-order chi connectivity index (χ0) is 43.0. The first kappa shape index (κ1) is 49.9. The van der Waals surface area contributed by atoms with Crippen LogP contribution in [0.4, 0.5) is 11.4 Å². The minimum atomic E-state index is 0.0347. The topological polar surface area (TPSA) is 161 Å². The van der Waals surface area contributed by atoms with Crippen molar-refractivity contribution in [1.82, 2.24) is 20.9 Å². The van der Waals surface area contributed by atoms with E-state index in [9.17, 15) is 30.0 Å². The van der Waals surface area contributed by atoms with Gasteiger partial charge in [-0.25, -0.2) is 0 Å². The van der Waals surface area contributed by atoms with Gasteiger partial charge < -0.3 is 51.1 Å². The van der Waals surface area contributed by atoms with Gasteiger partial charge >= 0.3 is 0 Å². The highest BCUT2D eigenvalue weighted by atomic mass is 33.1. The summed E-state index contributed by atoms with van der Waals surface area (Å²) < 4.78 is 0. The van der Waals surface area contributed by atoms with Crippen LogP contribution in [0.15, 0.2) is 109 Å². The van der Waals surface area contributed by atoms with Gasteiger partial charge in [0.2, 0.25) is 11.8 Å². The highest BCUT2D eigenvalue weighted by Crippen LogP contribution is 2.20. The third kappa shape index (κ3) is 21.2. The third-order valence-corrected chi connectivity index (χ3v) is 11.8. The fraction of sp³-hybridized carbons (Fsp3) is 0.435. The van der Waals surface area contributed by atoms with Crippen LogP contribution in [0.25, 0.3) is 12.2 Å². The van der Waals surface area contributed by atoms with Gasteiger partial charge in [-0.2, -0.15) is 0 Å². The largest absolute Gasteiger partial charge is 0.395 e. The Labute approximate surface area is 365 Å². The normalized spacial score (nSPS) is 13.1. The number of nitrogens with one attached hydrogen (secondary N) is 3. The van der Waals surface area contributed by atoms with Gasteiger partial charge in [-0.15, -0.1) is 0 Å². The lowest BCUT2D eigenvalue weighted by molar-refractivity contribution is -0.121. The fourth-order valence-corrected chi connectivity index (χ4v) is 7.89. The van der Waals surface area contributed by atoms with Gasteiger partial charge in [0.1, 0.15) is 0 Å². The zero-order valence-corrected chi connectivity index (χ0v) is 36.7. The summed E-state index contributed by atoms with van der Waals surface area (Å²) in [5.74, 6) is 1.73. The average molecular weight is 863 g/mol. The van der Waals surface area contributed by atoms with Gasteiger partial charge in [-0.3, -0.25) is 9.59 Å². The Morgan fingerprint density at radius 1 is 0.700 bits per heavy atom. The summed E-state index contributed by atoms with van der Waals surface area (Å²) in [5, 5.41) is 46.3. The second-order valence-electron chi connectivity index (χ2n) is 13.9. The Hall–Kier alpha value is -4.44. The molecule has 12 nitrogen and oxygen atoms in total. The smallest absolute Gasteiger partial charge is 0.220 e. The lowest BCUT2D eigenvalue weighted by atomic mass is 10.1. The molecule has 0 atom stereocenters. The number of benzene rings is 2. The van der Waals surface area contributed by atoms with Crippen molar-refractivity contribution in [2.75, 3.05) is 107 Å². The van der Waals surface area contributed by atoms with Crippen molar-refractivity contribution in [2.45, 2.75) is 32.6 Å². The van der Waals surface area contributed by atoms with E-state index in [1.807, 2.05) is 95.8 Å². The standard InChI is InChI=1S/C46H66N6O6S2/c1-2-39(7-8-40-11-15-43(16-12-40)51(29-33-53)30-34-54)19-23-47-22-3-5-45(57)48-24-37-59-60-38-25-49-46(58)6-4-26-50-27-20-42(21-28-50)10-9-41-13-17-44(18-14-41)52(31-35-55)32-36-56/h2,7-21,23,27,47,53-56H,3-6,22,24-26,28-38H2,1H3,(H,48,57)(H,49,58)/b8-7+,10-9+,23-19-,39-2-. The minimum absolute atomic E-state index is 0.0347. The Morgan fingerprint density at radius 2 is 1.23 bits per heavy atom. The number of anilines is 2. The molecule has 0 radical (unpaired) electrons. The molecule has 14 heteroatoms. The average Bonchev–Trinajstić information content (AvgIpc) is 3.26. The number of aliphatic hydroxyl groups is 4. The van der Waals surface area contributed by atoms with E-state index in [0.29, 0.717) is 58.7 Å². The van der Waals surface area contributed by atoms with E-state index in [4.69, 9.17) is 0 Å². The van der Waals surface area contributed by atoms with Crippen molar-refractivity contribution in [3.8, 4) is 0 Å². The second-order valence-corrected chi connectivity index (χ2v) is 16.6. The molecule has 2 amide bonds. The number of nitrogens with zero attached hydrogens (tertiary/aromatic N) is 3. The molecule has 60 heavy (non-hydrogen) atoms. The molecule has 1 aliphatic heterocycles. The zero-order valence-electron chi connectivity index (χ0n) is 35.1. The summed E-state index contributed by atoms with van der Waals surface area (Å²) in [7, 11) is 3.39. The molecular weight excluding hydrogens is 797 g/mol. The van der Waals surface area contributed by atoms with E-state index in [-0.39, 0.29) is 38.2 Å². The molecule has 7 N–H and O–H groups in total. The van der Waals surface area contributed by atoms with E-state index >= 15 is 0 Å². The van der Waals surface area contributed by atoms with Gasteiger partial charge in [0.05, 0.1) is 26.4 Å². The van der Waals surface area contributed by atoms with E-state index in [1.54, 1.807) is 21.6 Å². The van der Waals surface area contributed by atoms with Gasteiger partial charge in [-0.1, -0.05) is 82.3 Å². The van der Waals surface area contributed by atoms with Gasteiger partial charge in [0.15, 0.2) is 0 Å². The molecule has 0 bridgehead atoms. The lowest BCUT2D eigenvalue weighted by Crippen LogP contribution is -2.29. The molecule has 1 aliphatic rings. The number of rotatable bonds is 31. The molecular formula is C46H66N6O6S2. The Bertz CT molecular complexity index is 1690. The summed E-state index contributed by atoms with van der Waals surface area (Å²) in [5.41, 5.74) is 6.25. The lowest BCUT2D eigenvalue weighted by Gasteiger charge is -2.23. The van der Waals surface area contributed by atoms with Crippen LogP contribution >= 0.6 is 21.6 Å². The summed E-state index contributed by atoms with van der Waals surface area (Å²) >= 11 is 0. The van der Waals surface area contributed by atoms with Crippen LogP contribution in [0.3, 0.4) is 0 Å². The van der Waals surface area contributed by atoms with Gasteiger partial charge in [-0.05, 0) is 90.9 Å². The molecule has 0 saturated carbocycles. The van der Waals surface area contributed by atoms with Crippen molar-refractivity contribution < 1.29 is 30.0 Å². The van der Waals surface area contributed by atoms with Gasteiger partial charge in [0.25, 0.3) is 0 Å². The highest BCUT2D eigenvalue weighted by molar-refractivity contribution is 8.76. The van der Waals surface area contributed by atoms with E-state index in [2.05, 4.69) is 51.4 Å². The maximum absolute atomic E-state index is 12.3. The quantitative estimate of drug-likeness (QED) is 0.0311. The first-order valence-electron chi connectivity index (χ1n) is 20.8. The van der Waals surface area contributed by atoms with E-state index in [0.717, 1.165) is 71.1 Å². The number of carbonyl (C=O) groups is 2. The van der Waals surface area contributed by atoms with Crippen LogP contribution in [0.1, 0.15) is 43.7 Å². The summed E-state index contributed by atoms with van der Waals surface area (Å²) in [6.07, 6.45) is 23.0. The molecule has 1 heterocycles. The first-order chi connectivity index (χ1) is 29.4. The summed E-state index contributed by atoms with van der Waals surface area (Å²) in [4.78, 5) is 30.7. The van der Waals surface area contributed by atoms with E-state index in [1.165, 1.54) is 0 Å². The molecule has 0 aromatic heterocycles. The van der Waals surface area contributed by atoms with Crippen molar-refractivity contribution in [3.63, 3.8) is 0 Å². The van der Waals surface area contributed by atoms with Crippen molar-refractivity contribution >= 4 is 56.9 Å². The molecule has 328 valence electrons. The fourth-order valence-electron chi connectivity index (χ4n) is 6.07. The minimum Gasteiger partial charge on any atom is -0.395 e. The highest BCUT2D eigenvalue weighted by Gasteiger charge is 2.08. The van der Waals surface area contributed by atoms with Crippen LogP contribution in [-0.2, 0) is 9.59 Å². The van der Waals surface area contributed by atoms with Crippen molar-refractivity contribution in [2.24, 2.45) is 0 Å². The predicted octanol–water partition coefficient (Wildman–Crippen LogP) is 4.97. The Morgan fingerprint density at radius 3 is 1.73 bits per heavy atom. The molecule has 2 aromatic carbocycles. The maximum Gasteiger partial charge on any atom is 0.220 e. The number of hydrogen-bond donors (Lipinski definition) is 7. The Kier molecular flexibility index (Phi) is 26.2. The van der Waals surface area contributed by atoms with Crippen LogP contribution in [0, 0.1) is 0 Å². The third-order valence-electron chi connectivity index (χ3n) is 9.37. The second kappa shape index (κ2) is 31.4. The van der Waals surface area contributed by atoms with E-state index < -0.39 is 0 Å². The SMILES string of the molecule is C/C=C(\C=C/NCCCC(=O)NCCSSCCNC(=O)CCCN1C=CC(/C=C/c2ccc(N(CCO)CCO)cc2)=CC1)/C=C/c1ccc(N(CCO)CCO)cc1. The number of amides is 2. The number of hydrogen-bond acceptors (Lipinski definition) is 12. The summed E-state index contributed by atoms with van der Waals surface area (Å²) in [6.45, 7) is 7.62. The summed E-state index contributed by atoms with van der Waals surface area (Å²) in [6, 6.07) is 16.1. The van der Waals surface area contributed by atoms with Crippen LogP contribution in [-0.4, -0.2) is 134 Å². The molecule has 0 unspecified atom stereocenters. The van der Waals surface area contributed by atoms with Crippen molar-refractivity contribution in [1.29, 1.82) is 0 Å². The van der Waals surface area contributed by atoms with Crippen LogP contribution in [0.5, 0.6) is 0 Å². The van der Waals surface area contributed by atoms with Crippen molar-refractivity contribution in [3.05, 3.63) is 120 Å². The number of allylic oxidation sites excluding steroid dienone is 7. The maximum atomic E-state index is 12.3. The number of carbonyl (C=O) groups excluding carboxylic acids is 2. The predicted molar refractivity (Wildman–Crippen MR) is 253 cm³/mol. The molecule has 2 aromatic rings. The Balaban J connectivity index is 1.15. The van der Waals surface area contributed by atoms with Crippen LogP contribution in [0.2, 0.25) is 0 Å². The molecule has 0 fully saturated rings. The van der Waals surface area contributed by atoms with Gasteiger partial charge in [0, 0.05) is 94.6 Å². The van der Waals surface area contributed by atoms with Crippen LogP contribution < -0.4 is 25.8 Å². The molecule has 0 spiro atoms. The molecule has 0 aliphatic carbocycles. The number of aliphatic hydroxyl groups excluding tert-OH is 4. The monoisotopic (exact) mass is 862 g/mol. The molecule has 0 saturated heterocycles. The first-order valence-corrected chi connectivity index (χ1v) is 23.3. The molecule has 3 rings (SSSR count).